The topological polar surface area (TPSA) is 64.7 Å². The predicted octanol–water partition coefficient (Wildman–Crippen LogP) is 2.49. The summed E-state index contributed by atoms with van der Waals surface area (Å²) in [7, 11) is 2.07. The van der Waals surface area contributed by atoms with E-state index >= 15 is 0 Å². The number of likely N-dealkylation sites (N-methyl/N-ethyl adjacent to an activating group) is 1. The standard InChI is InChI=1S/C23H29FN4O2/c1-16-4-5-17(2)20(14-16)26-23(30)22(29)25-15-21(18-6-8-19(24)9-7-18)28-12-10-27(3)11-13-28/h4-9,14,21H,10-13,15H2,1-3H3,(H,25,29)(H,26,30)/t21-/m1/s1. The first-order valence-electron chi connectivity index (χ1n) is 10.2. The molecule has 0 aliphatic carbocycles. The second kappa shape index (κ2) is 9.82. The van der Waals surface area contributed by atoms with Gasteiger partial charge in [-0.3, -0.25) is 14.5 Å². The van der Waals surface area contributed by atoms with Gasteiger partial charge in [0, 0.05) is 38.4 Å². The van der Waals surface area contributed by atoms with Gasteiger partial charge in [0.25, 0.3) is 0 Å². The Balaban J connectivity index is 1.66. The van der Waals surface area contributed by atoms with Gasteiger partial charge in [0.1, 0.15) is 5.82 Å². The normalized spacial score (nSPS) is 16.1. The van der Waals surface area contributed by atoms with Crippen LogP contribution in [0.2, 0.25) is 0 Å². The lowest BCUT2D eigenvalue weighted by atomic mass is 10.0. The minimum atomic E-state index is -0.695. The molecule has 0 bridgehead atoms. The van der Waals surface area contributed by atoms with Gasteiger partial charge in [-0.05, 0) is 55.8 Å². The first-order valence-corrected chi connectivity index (χ1v) is 10.2. The molecule has 3 rings (SSSR count). The Bertz CT molecular complexity index is 893. The maximum atomic E-state index is 13.4. The van der Waals surface area contributed by atoms with Crippen molar-refractivity contribution in [3.05, 3.63) is 65.0 Å². The molecule has 1 fully saturated rings. The highest BCUT2D eigenvalue weighted by Crippen LogP contribution is 2.22. The van der Waals surface area contributed by atoms with Crippen molar-refractivity contribution in [3.8, 4) is 0 Å². The summed E-state index contributed by atoms with van der Waals surface area (Å²) in [4.78, 5) is 29.4. The monoisotopic (exact) mass is 412 g/mol. The molecule has 0 spiro atoms. The van der Waals surface area contributed by atoms with Gasteiger partial charge in [0.05, 0.1) is 6.04 Å². The lowest BCUT2D eigenvalue weighted by molar-refractivity contribution is -0.136. The van der Waals surface area contributed by atoms with Crippen molar-refractivity contribution in [2.75, 3.05) is 45.1 Å². The van der Waals surface area contributed by atoms with E-state index in [9.17, 15) is 14.0 Å². The van der Waals surface area contributed by atoms with Gasteiger partial charge in [0.2, 0.25) is 0 Å². The molecule has 0 saturated carbocycles. The van der Waals surface area contributed by atoms with Crippen molar-refractivity contribution in [1.82, 2.24) is 15.1 Å². The first kappa shape index (κ1) is 21.9. The molecule has 7 heteroatoms. The number of carbonyl (C=O) groups excluding carboxylic acids is 2. The van der Waals surface area contributed by atoms with Crippen molar-refractivity contribution in [2.24, 2.45) is 0 Å². The Kier molecular flexibility index (Phi) is 7.18. The molecule has 0 radical (unpaired) electrons. The SMILES string of the molecule is Cc1ccc(C)c(NC(=O)C(=O)NC[C@H](c2ccc(F)cc2)N2CCN(C)CC2)c1. The zero-order valence-electron chi connectivity index (χ0n) is 17.7. The number of hydrogen-bond acceptors (Lipinski definition) is 4. The summed E-state index contributed by atoms with van der Waals surface area (Å²) >= 11 is 0. The smallest absolute Gasteiger partial charge is 0.313 e. The third-order valence-corrected chi connectivity index (χ3v) is 5.54. The molecule has 0 unspecified atom stereocenters. The van der Waals surface area contributed by atoms with E-state index in [-0.39, 0.29) is 18.4 Å². The first-order chi connectivity index (χ1) is 14.3. The molecule has 30 heavy (non-hydrogen) atoms. The van der Waals surface area contributed by atoms with Crippen molar-refractivity contribution >= 4 is 17.5 Å². The second-order valence-electron chi connectivity index (χ2n) is 7.89. The minimum Gasteiger partial charge on any atom is -0.346 e. The van der Waals surface area contributed by atoms with E-state index < -0.39 is 11.8 Å². The van der Waals surface area contributed by atoms with Crippen molar-refractivity contribution in [2.45, 2.75) is 19.9 Å². The zero-order valence-corrected chi connectivity index (χ0v) is 17.7. The number of amides is 2. The van der Waals surface area contributed by atoms with Crippen molar-refractivity contribution < 1.29 is 14.0 Å². The number of nitrogens with one attached hydrogen (secondary N) is 2. The van der Waals surface area contributed by atoms with Gasteiger partial charge in [-0.2, -0.15) is 0 Å². The molecule has 160 valence electrons. The molecule has 2 aromatic rings. The molecule has 2 aromatic carbocycles. The summed E-state index contributed by atoms with van der Waals surface area (Å²) in [6.07, 6.45) is 0. The van der Waals surface area contributed by atoms with Crippen LogP contribution in [0.3, 0.4) is 0 Å². The molecule has 2 amide bonds. The van der Waals surface area contributed by atoms with E-state index in [1.807, 2.05) is 32.0 Å². The lowest BCUT2D eigenvalue weighted by Crippen LogP contribution is -2.49. The molecule has 2 N–H and O–H groups in total. The molecule has 1 aliphatic heterocycles. The van der Waals surface area contributed by atoms with Gasteiger partial charge in [-0.1, -0.05) is 24.3 Å². The summed E-state index contributed by atoms with van der Waals surface area (Å²) in [5.74, 6) is -1.68. The molecular formula is C23H29FN4O2. The highest BCUT2D eigenvalue weighted by Gasteiger charge is 2.25. The van der Waals surface area contributed by atoms with Crippen LogP contribution in [0.15, 0.2) is 42.5 Å². The van der Waals surface area contributed by atoms with Crippen LogP contribution in [0.5, 0.6) is 0 Å². The van der Waals surface area contributed by atoms with E-state index in [2.05, 4.69) is 27.5 Å². The fourth-order valence-electron chi connectivity index (χ4n) is 3.60. The number of hydrogen-bond donors (Lipinski definition) is 2. The van der Waals surface area contributed by atoms with Crippen molar-refractivity contribution in [1.29, 1.82) is 0 Å². The summed E-state index contributed by atoms with van der Waals surface area (Å²) in [5.41, 5.74) is 3.44. The molecule has 1 atom stereocenters. The maximum Gasteiger partial charge on any atom is 0.313 e. The second-order valence-corrected chi connectivity index (χ2v) is 7.89. The molecule has 0 aromatic heterocycles. The molecular weight excluding hydrogens is 383 g/mol. The quantitative estimate of drug-likeness (QED) is 0.741. The van der Waals surface area contributed by atoms with E-state index in [1.54, 1.807) is 12.1 Å². The number of aryl methyl sites for hydroxylation is 2. The highest BCUT2D eigenvalue weighted by molar-refractivity contribution is 6.39. The number of nitrogens with zero attached hydrogens (tertiary/aromatic N) is 2. The average Bonchev–Trinajstić information content (AvgIpc) is 2.73. The number of carbonyl (C=O) groups is 2. The van der Waals surface area contributed by atoms with Crippen LogP contribution in [0, 0.1) is 19.7 Å². The number of rotatable bonds is 5. The lowest BCUT2D eigenvalue weighted by Gasteiger charge is -2.38. The van der Waals surface area contributed by atoms with Gasteiger partial charge in [-0.25, -0.2) is 4.39 Å². The fraction of sp³-hybridized carbons (Fsp3) is 0.391. The summed E-state index contributed by atoms with van der Waals surface area (Å²) in [5, 5.41) is 5.44. The van der Waals surface area contributed by atoms with Crippen LogP contribution in [-0.2, 0) is 9.59 Å². The predicted molar refractivity (Wildman–Crippen MR) is 116 cm³/mol. The number of halogens is 1. The van der Waals surface area contributed by atoms with E-state index in [0.717, 1.165) is 42.9 Å². The van der Waals surface area contributed by atoms with Crippen LogP contribution in [0.4, 0.5) is 10.1 Å². The number of piperazine rings is 1. The van der Waals surface area contributed by atoms with Crippen molar-refractivity contribution in [3.63, 3.8) is 0 Å². The van der Waals surface area contributed by atoms with Crippen LogP contribution >= 0.6 is 0 Å². The van der Waals surface area contributed by atoms with Crippen LogP contribution in [-0.4, -0.2) is 61.4 Å². The third kappa shape index (κ3) is 5.64. The zero-order chi connectivity index (χ0) is 21.7. The van der Waals surface area contributed by atoms with Crippen LogP contribution in [0.25, 0.3) is 0 Å². The molecule has 6 nitrogen and oxygen atoms in total. The van der Waals surface area contributed by atoms with Gasteiger partial charge in [-0.15, -0.1) is 0 Å². The number of benzene rings is 2. The fourth-order valence-corrected chi connectivity index (χ4v) is 3.60. The average molecular weight is 413 g/mol. The Morgan fingerprint density at radius 1 is 1.00 bits per heavy atom. The number of anilines is 1. The summed E-state index contributed by atoms with van der Waals surface area (Å²) < 4.78 is 13.4. The van der Waals surface area contributed by atoms with Gasteiger partial charge in [0.15, 0.2) is 0 Å². The molecule has 1 aliphatic rings. The van der Waals surface area contributed by atoms with Crippen LogP contribution < -0.4 is 10.6 Å². The maximum absolute atomic E-state index is 13.4. The Morgan fingerprint density at radius 2 is 1.67 bits per heavy atom. The summed E-state index contributed by atoms with van der Waals surface area (Å²) in [6.45, 7) is 7.58. The third-order valence-electron chi connectivity index (χ3n) is 5.54. The Labute approximate surface area is 177 Å². The Hall–Kier alpha value is -2.77. The molecule has 1 saturated heterocycles. The van der Waals surface area contributed by atoms with Gasteiger partial charge >= 0.3 is 11.8 Å². The van der Waals surface area contributed by atoms with E-state index in [0.29, 0.717) is 5.69 Å². The van der Waals surface area contributed by atoms with Crippen LogP contribution in [0.1, 0.15) is 22.7 Å². The Morgan fingerprint density at radius 3 is 2.33 bits per heavy atom. The molecule has 1 heterocycles. The highest BCUT2D eigenvalue weighted by atomic mass is 19.1. The largest absolute Gasteiger partial charge is 0.346 e. The van der Waals surface area contributed by atoms with Gasteiger partial charge < -0.3 is 15.5 Å². The van der Waals surface area contributed by atoms with E-state index in [4.69, 9.17) is 0 Å². The van der Waals surface area contributed by atoms with E-state index in [1.165, 1.54) is 12.1 Å². The summed E-state index contributed by atoms with van der Waals surface area (Å²) in [6, 6.07) is 11.9. The minimum absolute atomic E-state index is 0.128.